The molecule has 6 nitrogen and oxygen atoms in total. The molecule has 0 aliphatic heterocycles. The Morgan fingerprint density at radius 2 is 2.11 bits per heavy atom. The summed E-state index contributed by atoms with van der Waals surface area (Å²) in [6.45, 7) is 3.60. The van der Waals surface area contributed by atoms with Gasteiger partial charge in [0.1, 0.15) is 11.5 Å². The van der Waals surface area contributed by atoms with E-state index in [9.17, 15) is 19.3 Å². The van der Waals surface area contributed by atoms with Gasteiger partial charge in [-0.1, -0.05) is 0 Å². The van der Waals surface area contributed by atoms with Crippen molar-refractivity contribution in [2.45, 2.75) is 13.8 Å². The van der Waals surface area contributed by atoms with Gasteiger partial charge in [-0.15, -0.1) is 0 Å². The molecule has 0 aliphatic carbocycles. The fourth-order valence-corrected chi connectivity index (χ4v) is 1.54. The molecule has 0 saturated heterocycles. The summed E-state index contributed by atoms with van der Waals surface area (Å²) >= 11 is 0. The number of benzene rings is 1. The van der Waals surface area contributed by atoms with Crippen molar-refractivity contribution < 1.29 is 14.1 Å². The van der Waals surface area contributed by atoms with Crippen LogP contribution < -0.4 is 10.6 Å². The van der Waals surface area contributed by atoms with E-state index in [1.54, 1.807) is 13.8 Å². The summed E-state index contributed by atoms with van der Waals surface area (Å²) in [6.07, 6.45) is 0. The second-order valence-corrected chi connectivity index (χ2v) is 4.74. The Morgan fingerprint density at radius 1 is 1.47 bits per heavy atom. The van der Waals surface area contributed by atoms with Gasteiger partial charge < -0.3 is 10.6 Å². The third-order valence-corrected chi connectivity index (χ3v) is 2.72. The molecule has 0 heterocycles. The Hall–Kier alpha value is -2.18. The Kier molecular flexibility index (Phi) is 4.42. The largest absolute Gasteiger partial charge is 0.378 e. The molecule has 1 rings (SSSR count). The van der Waals surface area contributed by atoms with Crippen LogP contribution in [-0.2, 0) is 4.79 Å². The maximum atomic E-state index is 13.0. The van der Waals surface area contributed by atoms with Gasteiger partial charge >= 0.3 is 0 Å². The lowest BCUT2D eigenvalue weighted by atomic mass is 9.92. The summed E-state index contributed by atoms with van der Waals surface area (Å²) in [5, 5.41) is 16.1. The van der Waals surface area contributed by atoms with Crippen molar-refractivity contribution in [2.75, 3.05) is 18.9 Å². The summed E-state index contributed by atoms with van der Waals surface area (Å²) in [4.78, 5) is 21.7. The molecule has 2 N–H and O–H groups in total. The third kappa shape index (κ3) is 3.64. The number of halogens is 1. The second kappa shape index (κ2) is 5.64. The first-order chi connectivity index (χ1) is 8.77. The maximum absolute atomic E-state index is 13.0. The Labute approximate surface area is 110 Å². The van der Waals surface area contributed by atoms with Crippen LogP contribution in [0.4, 0.5) is 15.8 Å². The van der Waals surface area contributed by atoms with Crippen molar-refractivity contribution in [1.82, 2.24) is 5.32 Å². The zero-order valence-electron chi connectivity index (χ0n) is 11.0. The molecule has 0 spiro atoms. The molecule has 0 unspecified atom stereocenters. The van der Waals surface area contributed by atoms with Crippen LogP contribution >= 0.6 is 0 Å². The van der Waals surface area contributed by atoms with Gasteiger partial charge in [0.05, 0.1) is 16.4 Å². The molecule has 1 aromatic carbocycles. The van der Waals surface area contributed by atoms with Gasteiger partial charge in [0.15, 0.2) is 0 Å². The summed E-state index contributed by atoms with van der Waals surface area (Å²) in [5.41, 5.74) is -0.909. The third-order valence-electron chi connectivity index (χ3n) is 2.72. The lowest BCUT2D eigenvalue weighted by Crippen LogP contribution is -2.39. The smallest absolute Gasteiger partial charge is 0.295 e. The van der Waals surface area contributed by atoms with Crippen LogP contribution in [-0.4, -0.2) is 24.4 Å². The molecule has 0 fully saturated rings. The van der Waals surface area contributed by atoms with Crippen LogP contribution in [0.1, 0.15) is 13.8 Å². The van der Waals surface area contributed by atoms with E-state index >= 15 is 0 Å². The number of carbonyl (C=O) groups is 1. The lowest BCUT2D eigenvalue weighted by molar-refractivity contribution is -0.384. The van der Waals surface area contributed by atoms with E-state index < -0.39 is 16.2 Å². The van der Waals surface area contributed by atoms with Crippen LogP contribution in [0.3, 0.4) is 0 Å². The number of nitro groups is 1. The van der Waals surface area contributed by atoms with Gasteiger partial charge in [-0.2, -0.15) is 0 Å². The van der Waals surface area contributed by atoms with Crippen LogP contribution in [0.15, 0.2) is 18.2 Å². The second-order valence-electron chi connectivity index (χ2n) is 4.74. The number of carbonyl (C=O) groups excluding carboxylic acids is 1. The first kappa shape index (κ1) is 14.9. The number of amides is 1. The summed E-state index contributed by atoms with van der Waals surface area (Å²) < 4.78 is 13.0. The zero-order valence-corrected chi connectivity index (χ0v) is 11.0. The number of nitrogens with one attached hydrogen (secondary N) is 2. The molecule has 104 valence electrons. The number of anilines is 1. The minimum Gasteiger partial charge on any atom is -0.378 e. The molecule has 7 heteroatoms. The highest BCUT2D eigenvalue weighted by Crippen LogP contribution is 2.26. The first-order valence-corrected chi connectivity index (χ1v) is 5.68. The SMILES string of the molecule is CNC(=O)C(C)(C)CNc1ccc(F)cc1[N+](=O)[O-]. The van der Waals surface area contributed by atoms with Gasteiger partial charge in [-0.3, -0.25) is 14.9 Å². The molecular formula is C12H16FN3O3. The van der Waals surface area contributed by atoms with Crippen molar-refractivity contribution in [1.29, 1.82) is 0 Å². The van der Waals surface area contributed by atoms with Crippen molar-refractivity contribution >= 4 is 17.3 Å². The average molecular weight is 269 g/mol. The predicted molar refractivity (Wildman–Crippen MR) is 69.4 cm³/mol. The standard InChI is InChI=1S/C12H16FN3O3/c1-12(2,11(17)14-3)7-15-9-5-4-8(13)6-10(9)16(18)19/h4-6,15H,7H2,1-3H3,(H,14,17). The van der Waals surface area contributed by atoms with Gasteiger partial charge in [0.2, 0.25) is 5.91 Å². The summed E-state index contributed by atoms with van der Waals surface area (Å²) in [5.74, 6) is -0.868. The highest BCUT2D eigenvalue weighted by Gasteiger charge is 2.27. The number of hydrogen-bond donors (Lipinski definition) is 2. The fourth-order valence-electron chi connectivity index (χ4n) is 1.54. The number of hydrogen-bond acceptors (Lipinski definition) is 4. The molecule has 0 radical (unpaired) electrons. The Bertz CT molecular complexity index is 503. The minimum absolute atomic E-state index is 0.184. The predicted octanol–water partition coefficient (Wildman–Crippen LogP) is 1.92. The number of nitrogens with zero attached hydrogens (tertiary/aromatic N) is 1. The van der Waals surface area contributed by atoms with E-state index in [1.807, 2.05) is 0 Å². The number of rotatable bonds is 5. The van der Waals surface area contributed by atoms with Gasteiger partial charge in [-0.05, 0) is 26.0 Å². The molecule has 0 aliphatic rings. The summed E-state index contributed by atoms with van der Waals surface area (Å²) in [7, 11) is 1.52. The normalized spacial score (nSPS) is 10.9. The van der Waals surface area contributed by atoms with E-state index in [0.29, 0.717) is 0 Å². The molecule has 0 atom stereocenters. The van der Waals surface area contributed by atoms with Crippen molar-refractivity contribution in [2.24, 2.45) is 5.41 Å². The zero-order chi connectivity index (χ0) is 14.6. The van der Waals surface area contributed by atoms with E-state index in [0.717, 1.165) is 12.1 Å². The molecule has 19 heavy (non-hydrogen) atoms. The van der Waals surface area contributed by atoms with Crippen LogP contribution in [0.5, 0.6) is 0 Å². The lowest BCUT2D eigenvalue weighted by Gasteiger charge is -2.23. The number of nitro benzene ring substituents is 1. The monoisotopic (exact) mass is 269 g/mol. The first-order valence-electron chi connectivity index (χ1n) is 5.68. The maximum Gasteiger partial charge on any atom is 0.295 e. The molecular weight excluding hydrogens is 253 g/mol. The van der Waals surface area contributed by atoms with Crippen LogP contribution in [0.2, 0.25) is 0 Å². The van der Waals surface area contributed by atoms with E-state index in [-0.39, 0.29) is 23.8 Å². The van der Waals surface area contributed by atoms with Crippen LogP contribution in [0, 0.1) is 21.3 Å². The minimum atomic E-state index is -0.739. The molecule has 1 amide bonds. The van der Waals surface area contributed by atoms with Crippen molar-refractivity contribution in [3.05, 3.63) is 34.1 Å². The topological polar surface area (TPSA) is 84.3 Å². The van der Waals surface area contributed by atoms with Gasteiger partial charge in [0, 0.05) is 13.6 Å². The van der Waals surface area contributed by atoms with Crippen LogP contribution in [0.25, 0.3) is 0 Å². The fraction of sp³-hybridized carbons (Fsp3) is 0.417. The van der Waals surface area contributed by atoms with E-state index in [2.05, 4.69) is 10.6 Å². The summed E-state index contributed by atoms with van der Waals surface area (Å²) in [6, 6.07) is 3.25. The van der Waals surface area contributed by atoms with E-state index in [4.69, 9.17) is 0 Å². The van der Waals surface area contributed by atoms with Gasteiger partial charge in [-0.25, -0.2) is 4.39 Å². The average Bonchev–Trinajstić information content (AvgIpc) is 2.36. The molecule has 0 bridgehead atoms. The van der Waals surface area contributed by atoms with Gasteiger partial charge in [0.25, 0.3) is 5.69 Å². The molecule has 1 aromatic rings. The van der Waals surface area contributed by atoms with E-state index in [1.165, 1.54) is 13.1 Å². The highest BCUT2D eigenvalue weighted by molar-refractivity contribution is 5.82. The Balaban J connectivity index is 2.89. The van der Waals surface area contributed by atoms with Crippen molar-refractivity contribution in [3.63, 3.8) is 0 Å². The Morgan fingerprint density at radius 3 is 2.63 bits per heavy atom. The molecule has 0 saturated carbocycles. The van der Waals surface area contributed by atoms with Crippen molar-refractivity contribution in [3.8, 4) is 0 Å². The quantitative estimate of drug-likeness (QED) is 0.631. The molecule has 0 aromatic heterocycles. The highest BCUT2D eigenvalue weighted by atomic mass is 19.1.